The van der Waals surface area contributed by atoms with E-state index in [9.17, 15) is 0 Å². The summed E-state index contributed by atoms with van der Waals surface area (Å²) in [6, 6.07) is 2.55. The summed E-state index contributed by atoms with van der Waals surface area (Å²) < 4.78 is 7.34. The number of hydrogen-bond donors (Lipinski definition) is 1. The lowest BCUT2D eigenvalue weighted by Crippen LogP contribution is -2.25. The maximum absolute atomic E-state index is 5.22. The Hall–Kier alpha value is -1.62. The SMILES string of the molecule is CCCc1nc(Cn2ccc(C(NCC)C(C)C)c2)no1. The summed E-state index contributed by atoms with van der Waals surface area (Å²) >= 11 is 0. The topological polar surface area (TPSA) is 55.9 Å². The van der Waals surface area contributed by atoms with Crippen molar-refractivity contribution in [2.24, 2.45) is 5.92 Å². The normalized spacial score (nSPS) is 13.0. The first-order valence-electron chi connectivity index (χ1n) is 7.84. The van der Waals surface area contributed by atoms with Gasteiger partial charge < -0.3 is 14.4 Å². The lowest BCUT2D eigenvalue weighted by atomic mass is 9.98. The van der Waals surface area contributed by atoms with Crippen molar-refractivity contribution in [1.29, 1.82) is 0 Å². The molecule has 0 spiro atoms. The lowest BCUT2D eigenvalue weighted by Gasteiger charge is -2.20. The van der Waals surface area contributed by atoms with Crippen LogP contribution in [0.5, 0.6) is 0 Å². The molecular weight excluding hydrogens is 264 g/mol. The van der Waals surface area contributed by atoms with Crippen molar-refractivity contribution < 1.29 is 4.52 Å². The van der Waals surface area contributed by atoms with E-state index in [-0.39, 0.29) is 0 Å². The van der Waals surface area contributed by atoms with Gasteiger partial charge in [-0.3, -0.25) is 0 Å². The minimum Gasteiger partial charge on any atom is -0.346 e. The molecule has 2 aromatic heterocycles. The summed E-state index contributed by atoms with van der Waals surface area (Å²) in [4.78, 5) is 4.41. The van der Waals surface area contributed by atoms with E-state index in [4.69, 9.17) is 4.52 Å². The van der Waals surface area contributed by atoms with Crippen LogP contribution in [0.4, 0.5) is 0 Å². The summed E-state index contributed by atoms with van der Waals surface area (Å²) in [6.07, 6.45) is 6.12. The van der Waals surface area contributed by atoms with Crippen LogP contribution < -0.4 is 5.32 Å². The molecule has 0 saturated heterocycles. The van der Waals surface area contributed by atoms with Gasteiger partial charge in [-0.15, -0.1) is 0 Å². The third-order valence-electron chi connectivity index (χ3n) is 3.52. The Kier molecular flexibility index (Phi) is 5.56. The maximum atomic E-state index is 5.22. The van der Waals surface area contributed by atoms with E-state index in [2.05, 4.69) is 66.2 Å². The molecule has 1 unspecified atom stereocenters. The Balaban J connectivity index is 2.04. The van der Waals surface area contributed by atoms with Gasteiger partial charge in [0.25, 0.3) is 0 Å². The molecule has 2 rings (SSSR count). The first-order valence-corrected chi connectivity index (χ1v) is 7.84. The van der Waals surface area contributed by atoms with Gasteiger partial charge in [0.1, 0.15) is 0 Å². The number of nitrogens with zero attached hydrogens (tertiary/aromatic N) is 3. The summed E-state index contributed by atoms with van der Waals surface area (Å²) in [5.41, 5.74) is 1.31. The van der Waals surface area contributed by atoms with E-state index < -0.39 is 0 Å². The van der Waals surface area contributed by atoms with Crippen LogP contribution in [0, 0.1) is 5.92 Å². The van der Waals surface area contributed by atoms with Gasteiger partial charge >= 0.3 is 0 Å². The maximum Gasteiger partial charge on any atom is 0.226 e. The van der Waals surface area contributed by atoms with E-state index in [0.717, 1.165) is 31.1 Å². The molecule has 0 bridgehead atoms. The number of aromatic nitrogens is 3. The van der Waals surface area contributed by atoms with Crippen molar-refractivity contribution in [2.45, 2.75) is 53.1 Å². The summed E-state index contributed by atoms with van der Waals surface area (Å²) in [5, 5.41) is 7.57. The third kappa shape index (κ3) is 4.17. The van der Waals surface area contributed by atoms with E-state index in [1.165, 1.54) is 5.56 Å². The fourth-order valence-electron chi connectivity index (χ4n) is 2.53. The van der Waals surface area contributed by atoms with Crippen LogP contribution in [0.15, 0.2) is 23.0 Å². The van der Waals surface area contributed by atoms with Crippen LogP contribution in [-0.2, 0) is 13.0 Å². The number of aryl methyl sites for hydroxylation is 1. The molecule has 0 aromatic carbocycles. The number of hydrogen-bond acceptors (Lipinski definition) is 4. The summed E-state index contributed by atoms with van der Waals surface area (Å²) in [7, 11) is 0. The van der Waals surface area contributed by atoms with Crippen molar-refractivity contribution in [3.8, 4) is 0 Å². The Morgan fingerprint density at radius 3 is 2.81 bits per heavy atom. The minimum absolute atomic E-state index is 0.386. The van der Waals surface area contributed by atoms with Gasteiger partial charge in [-0.1, -0.05) is 32.9 Å². The van der Waals surface area contributed by atoms with Crippen LogP contribution in [0.1, 0.15) is 57.4 Å². The fraction of sp³-hybridized carbons (Fsp3) is 0.625. The quantitative estimate of drug-likeness (QED) is 0.811. The van der Waals surface area contributed by atoms with E-state index >= 15 is 0 Å². The zero-order chi connectivity index (χ0) is 15.2. The average Bonchev–Trinajstić information content (AvgIpc) is 3.06. The molecule has 116 valence electrons. The molecule has 0 aliphatic carbocycles. The molecule has 0 saturated carbocycles. The highest BCUT2D eigenvalue weighted by molar-refractivity contribution is 5.16. The molecule has 1 atom stereocenters. The van der Waals surface area contributed by atoms with Gasteiger partial charge in [-0.2, -0.15) is 4.98 Å². The molecule has 0 aliphatic rings. The Morgan fingerprint density at radius 1 is 1.33 bits per heavy atom. The molecule has 21 heavy (non-hydrogen) atoms. The van der Waals surface area contributed by atoms with E-state index in [0.29, 0.717) is 18.5 Å². The zero-order valence-electron chi connectivity index (χ0n) is 13.5. The second kappa shape index (κ2) is 7.41. The van der Waals surface area contributed by atoms with Crippen LogP contribution in [0.25, 0.3) is 0 Å². The predicted molar refractivity (Wildman–Crippen MR) is 83.1 cm³/mol. The molecule has 2 heterocycles. The number of rotatable bonds is 8. The molecule has 0 amide bonds. The Bertz CT molecular complexity index is 544. The van der Waals surface area contributed by atoms with E-state index in [1.54, 1.807) is 0 Å². The van der Waals surface area contributed by atoms with Gasteiger partial charge in [0.15, 0.2) is 5.82 Å². The molecular formula is C16H26N4O. The van der Waals surface area contributed by atoms with Gasteiger partial charge in [0.2, 0.25) is 5.89 Å². The largest absolute Gasteiger partial charge is 0.346 e. The fourth-order valence-corrected chi connectivity index (χ4v) is 2.53. The molecule has 5 heteroatoms. The predicted octanol–water partition coefficient (Wildman–Crippen LogP) is 3.18. The highest BCUT2D eigenvalue weighted by Gasteiger charge is 2.16. The van der Waals surface area contributed by atoms with Crippen molar-refractivity contribution >= 4 is 0 Å². The lowest BCUT2D eigenvalue weighted by molar-refractivity contribution is 0.371. The highest BCUT2D eigenvalue weighted by Crippen LogP contribution is 2.22. The average molecular weight is 290 g/mol. The van der Waals surface area contributed by atoms with Crippen LogP contribution in [-0.4, -0.2) is 21.3 Å². The smallest absolute Gasteiger partial charge is 0.226 e. The summed E-state index contributed by atoms with van der Waals surface area (Å²) in [5.74, 6) is 2.03. The standard InChI is InChI=1S/C16H26N4O/c1-5-7-15-18-14(19-21-15)11-20-9-8-13(10-20)16(12(3)4)17-6-2/h8-10,12,16-17H,5-7,11H2,1-4H3. The Morgan fingerprint density at radius 2 is 2.14 bits per heavy atom. The van der Waals surface area contributed by atoms with Crippen molar-refractivity contribution in [1.82, 2.24) is 20.0 Å². The second-order valence-electron chi connectivity index (χ2n) is 5.75. The van der Waals surface area contributed by atoms with Crippen molar-refractivity contribution in [3.05, 3.63) is 35.7 Å². The van der Waals surface area contributed by atoms with Crippen LogP contribution in [0.2, 0.25) is 0 Å². The summed E-state index contributed by atoms with van der Waals surface area (Å²) in [6.45, 7) is 10.3. The zero-order valence-corrected chi connectivity index (χ0v) is 13.5. The second-order valence-corrected chi connectivity index (χ2v) is 5.75. The monoisotopic (exact) mass is 290 g/mol. The van der Waals surface area contributed by atoms with Crippen LogP contribution in [0.3, 0.4) is 0 Å². The molecule has 1 N–H and O–H groups in total. The number of nitrogens with one attached hydrogen (secondary N) is 1. The molecule has 5 nitrogen and oxygen atoms in total. The molecule has 0 aliphatic heterocycles. The molecule has 0 radical (unpaired) electrons. The molecule has 0 fully saturated rings. The third-order valence-corrected chi connectivity index (χ3v) is 3.52. The van der Waals surface area contributed by atoms with Crippen molar-refractivity contribution in [2.75, 3.05) is 6.54 Å². The van der Waals surface area contributed by atoms with Gasteiger partial charge in [0, 0.05) is 24.9 Å². The van der Waals surface area contributed by atoms with Gasteiger partial charge in [-0.05, 0) is 30.5 Å². The minimum atomic E-state index is 0.386. The van der Waals surface area contributed by atoms with Crippen molar-refractivity contribution in [3.63, 3.8) is 0 Å². The Labute approximate surface area is 126 Å². The van der Waals surface area contributed by atoms with Crippen LogP contribution >= 0.6 is 0 Å². The highest BCUT2D eigenvalue weighted by atomic mass is 16.5. The van der Waals surface area contributed by atoms with Gasteiger partial charge in [0.05, 0.1) is 6.54 Å². The molecule has 2 aromatic rings. The van der Waals surface area contributed by atoms with E-state index in [1.807, 2.05) is 0 Å². The first kappa shape index (κ1) is 15.8. The van der Waals surface area contributed by atoms with Gasteiger partial charge in [-0.25, -0.2) is 0 Å². The first-order chi connectivity index (χ1) is 10.1.